The summed E-state index contributed by atoms with van der Waals surface area (Å²) in [5.41, 5.74) is 4.13. The fourth-order valence-electron chi connectivity index (χ4n) is 11.8. The Morgan fingerprint density at radius 3 is 1.34 bits per heavy atom. The third-order valence-corrected chi connectivity index (χ3v) is 16.5. The maximum atomic E-state index is 14.8. The first-order valence-corrected chi connectivity index (χ1v) is 27.6. The molecule has 0 aliphatic carbocycles. The molecule has 0 saturated carbocycles. The fraction of sp³-hybridized carbons (Fsp3) is 0.548. The molecule has 2 unspecified atom stereocenters. The summed E-state index contributed by atoms with van der Waals surface area (Å²) in [6, 6.07) is 18.4. The SMILES string of the molecule is C.C.CC(=O)N[C@@H](C)c1cc(Cl)ccc1C1CCN(C(=O)C2CN(C(C)(C)C)C[C@H]2c2ccc(F)cc2F)CC1.CC(C)NC(=O)c1cc(Cl)ccc1C1CCN(C(=O)C2CN(C(C)(C)C)C[C@H]2c2ccc(F)cc2F)CC1.Cl. The first-order valence-electron chi connectivity index (χ1n) is 26.8. The lowest BCUT2D eigenvalue weighted by Gasteiger charge is -2.36. The van der Waals surface area contributed by atoms with Gasteiger partial charge in [0.25, 0.3) is 5.91 Å². The molecule has 79 heavy (non-hydrogen) atoms. The summed E-state index contributed by atoms with van der Waals surface area (Å²) in [6.45, 7) is 24.3. The molecule has 0 aromatic heterocycles. The molecule has 4 aliphatic heterocycles. The van der Waals surface area contributed by atoms with Crippen molar-refractivity contribution >= 4 is 59.2 Å². The quantitative estimate of drug-likeness (QED) is 0.153. The highest BCUT2D eigenvalue weighted by Gasteiger charge is 2.47. The summed E-state index contributed by atoms with van der Waals surface area (Å²) < 4.78 is 56.9. The number of halogens is 7. The van der Waals surface area contributed by atoms with Crippen LogP contribution < -0.4 is 10.6 Å². The molecule has 17 heteroatoms. The number of nitrogens with one attached hydrogen (secondary N) is 2. The van der Waals surface area contributed by atoms with Crippen molar-refractivity contribution in [3.05, 3.63) is 139 Å². The van der Waals surface area contributed by atoms with E-state index in [1.165, 1.54) is 31.2 Å². The van der Waals surface area contributed by atoms with Crippen LogP contribution in [0.3, 0.4) is 0 Å². The molecule has 10 nitrogen and oxygen atoms in total. The third kappa shape index (κ3) is 16.3. The lowest BCUT2D eigenvalue weighted by atomic mass is 9.83. The standard InChI is InChI=1S/2C30H38ClF2N3O2.2CH4.ClH/c1-18(34-19(2)37)25-14-21(31)6-8-23(25)20-10-12-35(13-11-20)29(38)27-17-36(30(3,4)5)16-26(27)24-9-7-22(32)15-28(24)33;1-18(2)34-28(37)24-14-20(31)6-8-22(24)19-10-12-35(13-11-19)29(38)26-17-36(30(3,4)5)16-25(26)23-9-7-21(32)15-27(23)33;;;/h6-9,14-15,18,20,26-27H,10-13,16-17H2,1-5H3,(H,34,37);6-9,14-15,18-19,25-26H,10-13,16-17H2,1-5H3,(H,34,37);2*1H4;1H/t18-,26-,27?;25-,26?;;;/m00.../s1. The van der Waals surface area contributed by atoms with Crippen molar-refractivity contribution in [1.29, 1.82) is 0 Å². The number of hydrogen-bond donors (Lipinski definition) is 2. The van der Waals surface area contributed by atoms with Gasteiger partial charge in [0, 0.05) is 116 Å². The van der Waals surface area contributed by atoms with Gasteiger partial charge in [-0.1, -0.05) is 62.3 Å². The van der Waals surface area contributed by atoms with Gasteiger partial charge >= 0.3 is 0 Å². The Morgan fingerprint density at radius 2 is 0.949 bits per heavy atom. The number of benzene rings is 4. The lowest BCUT2D eigenvalue weighted by molar-refractivity contribution is -0.137. The molecular formula is C62H85Cl3F4N6O4. The number of hydrogen-bond acceptors (Lipinski definition) is 6. The molecule has 4 heterocycles. The van der Waals surface area contributed by atoms with E-state index in [-0.39, 0.29) is 97.7 Å². The van der Waals surface area contributed by atoms with E-state index in [0.717, 1.165) is 54.5 Å². The Bertz CT molecular complexity index is 2750. The highest BCUT2D eigenvalue weighted by molar-refractivity contribution is 6.31. The zero-order valence-electron chi connectivity index (χ0n) is 46.1. The van der Waals surface area contributed by atoms with Crippen molar-refractivity contribution in [2.24, 2.45) is 11.8 Å². The van der Waals surface area contributed by atoms with Crippen molar-refractivity contribution in [3.63, 3.8) is 0 Å². The zero-order valence-corrected chi connectivity index (χ0v) is 48.5. The smallest absolute Gasteiger partial charge is 0.251 e. The molecule has 0 spiro atoms. The number of nitrogens with zero attached hydrogens (tertiary/aromatic N) is 4. The molecule has 4 aromatic rings. The molecule has 4 amide bonds. The minimum atomic E-state index is -0.620. The molecule has 4 aromatic carbocycles. The molecule has 0 radical (unpaired) electrons. The minimum Gasteiger partial charge on any atom is -0.350 e. The Balaban J connectivity index is 0.000000328. The molecule has 436 valence electrons. The van der Waals surface area contributed by atoms with Gasteiger partial charge in [-0.2, -0.15) is 0 Å². The average molecular weight is 1160 g/mol. The molecule has 4 saturated heterocycles. The minimum absolute atomic E-state index is 0. The Kier molecular flexibility index (Phi) is 23.5. The monoisotopic (exact) mass is 1160 g/mol. The van der Waals surface area contributed by atoms with Gasteiger partial charge < -0.3 is 20.4 Å². The van der Waals surface area contributed by atoms with E-state index in [1.807, 2.05) is 60.9 Å². The van der Waals surface area contributed by atoms with E-state index in [2.05, 4.69) is 62.0 Å². The van der Waals surface area contributed by atoms with Crippen LogP contribution in [0.2, 0.25) is 10.0 Å². The van der Waals surface area contributed by atoms with Gasteiger partial charge in [0.15, 0.2) is 0 Å². The number of likely N-dealkylation sites (tertiary alicyclic amines) is 4. The van der Waals surface area contributed by atoms with Crippen LogP contribution in [0.4, 0.5) is 17.6 Å². The van der Waals surface area contributed by atoms with Gasteiger partial charge in [-0.25, -0.2) is 17.6 Å². The van der Waals surface area contributed by atoms with Crippen molar-refractivity contribution in [1.82, 2.24) is 30.2 Å². The van der Waals surface area contributed by atoms with Gasteiger partial charge in [-0.05, 0) is 164 Å². The van der Waals surface area contributed by atoms with Gasteiger partial charge in [-0.3, -0.25) is 29.0 Å². The van der Waals surface area contributed by atoms with Crippen LogP contribution >= 0.6 is 35.6 Å². The lowest BCUT2D eigenvalue weighted by Crippen LogP contribution is -2.44. The summed E-state index contributed by atoms with van der Waals surface area (Å²) in [6.07, 6.45) is 3.03. The van der Waals surface area contributed by atoms with E-state index in [4.69, 9.17) is 23.2 Å². The second kappa shape index (κ2) is 27.8. The summed E-state index contributed by atoms with van der Waals surface area (Å²) in [4.78, 5) is 60.4. The van der Waals surface area contributed by atoms with Crippen LogP contribution in [0, 0.1) is 35.1 Å². The second-order valence-corrected chi connectivity index (χ2v) is 24.5. The van der Waals surface area contributed by atoms with E-state index in [0.29, 0.717) is 79.1 Å². The van der Waals surface area contributed by atoms with E-state index < -0.39 is 35.1 Å². The number of carbonyl (C=O) groups is 4. The van der Waals surface area contributed by atoms with E-state index >= 15 is 0 Å². The largest absolute Gasteiger partial charge is 0.350 e. The van der Waals surface area contributed by atoms with Gasteiger partial charge in [0.05, 0.1) is 17.9 Å². The van der Waals surface area contributed by atoms with Crippen LogP contribution in [0.5, 0.6) is 0 Å². The maximum absolute atomic E-state index is 14.8. The predicted molar refractivity (Wildman–Crippen MR) is 313 cm³/mol. The normalized spacial score (nSPS) is 20.8. The van der Waals surface area contributed by atoms with Gasteiger partial charge in [0.1, 0.15) is 23.3 Å². The summed E-state index contributed by atoms with van der Waals surface area (Å²) >= 11 is 12.5. The van der Waals surface area contributed by atoms with Crippen molar-refractivity contribution in [3.8, 4) is 0 Å². The van der Waals surface area contributed by atoms with E-state index in [9.17, 15) is 36.7 Å². The number of amides is 4. The topological polar surface area (TPSA) is 105 Å². The first kappa shape index (κ1) is 66.8. The molecule has 0 bridgehead atoms. The van der Waals surface area contributed by atoms with Gasteiger partial charge in [0.2, 0.25) is 17.7 Å². The second-order valence-electron chi connectivity index (χ2n) is 23.7. The highest BCUT2D eigenvalue weighted by Crippen LogP contribution is 2.43. The Morgan fingerprint density at radius 1 is 0.557 bits per heavy atom. The molecular weight excluding hydrogens is 1080 g/mol. The van der Waals surface area contributed by atoms with Crippen molar-refractivity contribution in [2.75, 3.05) is 52.4 Å². The Hall–Kier alpha value is -4.73. The number of rotatable bonds is 10. The van der Waals surface area contributed by atoms with E-state index in [1.54, 1.807) is 6.07 Å². The first-order chi connectivity index (χ1) is 35.7. The highest BCUT2D eigenvalue weighted by atomic mass is 35.5. The summed E-state index contributed by atoms with van der Waals surface area (Å²) in [5.74, 6) is -3.74. The number of carbonyl (C=O) groups excluding carboxylic acids is 4. The zero-order chi connectivity index (χ0) is 55.6. The van der Waals surface area contributed by atoms with Crippen LogP contribution in [0.25, 0.3) is 0 Å². The Labute approximate surface area is 484 Å². The molecule has 4 aliphatic rings. The van der Waals surface area contributed by atoms with Crippen LogP contribution in [-0.4, -0.2) is 113 Å². The maximum Gasteiger partial charge on any atom is 0.251 e. The van der Waals surface area contributed by atoms with Crippen molar-refractivity contribution < 1.29 is 36.7 Å². The summed E-state index contributed by atoms with van der Waals surface area (Å²) in [5, 5.41) is 7.04. The van der Waals surface area contributed by atoms with Gasteiger partial charge in [-0.15, -0.1) is 12.4 Å². The van der Waals surface area contributed by atoms with Crippen LogP contribution in [-0.2, 0) is 14.4 Å². The predicted octanol–water partition coefficient (Wildman–Crippen LogP) is 13.7. The third-order valence-electron chi connectivity index (χ3n) is 16.0. The number of piperidine rings is 2. The molecule has 2 N–H and O–H groups in total. The van der Waals surface area contributed by atoms with Crippen LogP contribution in [0.15, 0.2) is 72.8 Å². The summed E-state index contributed by atoms with van der Waals surface area (Å²) in [7, 11) is 0. The molecule has 5 atom stereocenters. The molecule has 4 fully saturated rings. The average Bonchev–Trinajstić information content (AvgIpc) is 4.12. The fourth-order valence-corrected chi connectivity index (χ4v) is 12.2. The molecule has 8 rings (SSSR count). The van der Waals surface area contributed by atoms with Crippen LogP contribution in [0.1, 0.15) is 178 Å². The van der Waals surface area contributed by atoms with Crippen molar-refractivity contribution in [2.45, 2.75) is 157 Å².